The highest BCUT2D eigenvalue weighted by atomic mass is 32.1. The molecule has 0 aliphatic carbocycles. The Hall–Kier alpha value is -0.680. The van der Waals surface area contributed by atoms with Gasteiger partial charge in [-0.05, 0) is 13.0 Å². The van der Waals surface area contributed by atoms with Gasteiger partial charge < -0.3 is 15.5 Å². The van der Waals surface area contributed by atoms with E-state index in [1.54, 1.807) is 0 Å². The molecule has 0 aromatic carbocycles. The van der Waals surface area contributed by atoms with Gasteiger partial charge in [0.2, 0.25) is 5.91 Å². The van der Waals surface area contributed by atoms with Crippen LogP contribution in [-0.2, 0) is 4.79 Å². The molecule has 1 fully saturated rings. The smallest absolute Gasteiger partial charge is 0.232 e. The van der Waals surface area contributed by atoms with Crippen molar-refractivity contribution in [2.24, 2.45) is 11.7 Å². The Morgan fingerprint density at radius 3 is 2.25 bits per heavy atom. The van der Waals surface area contributed by atoms with Crippen LogP contribution >= 0.6 is 12.2 Å². The molecule has 1 atom stereocenters. The van der Waals surface area contributed by atoms with Crippen LogP contribution in [-0.4, -0.2) is 53.4 Å². The van der Waals surface area contributed by atoms with Gasteiger partial charge in [0, 0.05) is 26.2 Å². The highest BCUT2D eigenvalue weighted by molar-refractivity contribution is 7.80. The minimum Gasteiger partial charge on any atom is -0.393 e. The van der Waals surface area contributed by atoms with Crippen molar-refractivity contribution in [1.82, 2.24) is 9.80 Å². The highest BCUT2D eigenvalue weighted by Gasteiger charge is 2.27. The van der Waals surface area contributed by atoms with Crippen molar-refractivity contribution in [2.45, 2.75) is 20.3 Å². The van der Waals surface area contributed by atoms with Gasteiger partial charge in [0.15, 0.2) is 0 Å². The molecule has 92 valence electrons. The third kappa shape index (κ3) is 3.15. The number of nitrogens with two attached hydrogens (primary N) is 1. The van der Waals surface area contributed by atoms with E-state index in [1.165, 1.54) is 0 Å². The molecule has 1 heterocycles. The molecule has 2 N–H and O–H groups in total. The molecule has 5 heteroatoms. The summed E-state index contributed by atoms with van der Waals surface area (Å²) in [5, 5.41) is 0. The van der Waals surface area contributed by atoms with Crippen molar-refractivity contribution >= 4 is 23.1 Å². The molecular weight excluding hydrogens is 222 g/mol. The first kappa shape index (κ1) is 13.4. The molecule has 1 aliphatic rings. The molecule has 0 radical (unpaired) electrons. The standard InChI is InChI=1S/C11H21N3OS/c1-3-9(10(12)16)11(15)14-7-5-13(4-2)6-8-14/h9H,3-8H2,1-2H3,(H2,12,16). The fourth-order valence-electron chi connectivity index (χ4n) is 2.00. The van der Waals surface area contributed by atoms with E-state index in [2.05, 4.69) is 11.8 Å². The van der Waals surface area contributed by atoms with Gasteiger partial charge in [-0.15, -0.1) is 0 Å². The Morgan fingerprint density at radius 1 is 1.31 bits per heavy atom. The first-order valence-electron chi connectivity index (χ1n) is 5.90. The number of nitrogens with zero attached hydrogens (tertiary/aromatic N) is 2. The maximum atomic E-state index is 12.1. The van der Waals surface area contributed by atoms with Crippen molar-refractivity contribution in [2.75, 3.05) is 32.7 Å². The van der Waals surface area contributed by atoms with Crippen LogP contribution in [0.3, 0.4) is 0 Å². The van der Waals surface area contributed by atoms with Crippen molar-refractivity contribution < 1.29 is 4.79 Å². The molecule has 1 amide bonds. The quantitative estimate of drug-likeness (QED) is 0.729. The number of piperazine rings is 1. The summed E-state index contributed by atoms with van der Waals surface area (Å²) in [7, 11) is 0. The molecule has 0 bridgehead atoms. The van der Waals surface area contributed by atoms with E-state index in [1.807, 2.05) is 11.8 Å². The van der Waals surface area contributed by atoms with Gasteiger partial charge in [0.1, 0.15) is 0 Å². The lowest BCUT2D eigenvalue weighted by molar-refractivity contribution is -0.135. The van der Waals surface area contributed by atoms with E-state index in [9.17, 15) is 4.79 Å². The number of amides is 1. The summed E-state index contributed by atoms with van der Waals surface area (Å²) in [6.07, 6.45) is 0.697. The van der Waals surface area contributed by atoms with Gasteiger partial charge >= 0.3 is 0 Å². The Labute approximate surface area is 103 Å². The largest absolute Gasteiger partial charge is 0.393 e. The SMILES string of the molecule is CCC(C(=O)N1CCN(CC)CC1)C(N)=S. The maximum absolute atomic E-state index is 12.1. The summed E-state index contributed by atoms with van der Waals surface area (Å²) in [6, 6.07) is 0. The van der Waals surface area contributed by atoms with Crippen molar-refractivity contribution in [3.8, 4) is 0 Å². The molecule has 16 heavy (non-hydrogen) atoms. The molecule has 0 saturated carbocycles. The lowest BCUT2D eigenvalue weighted by Crippen LogP contribution is -2.51. The average Bonchev–Trinajstić information content (AvgIpc) is 2.29. The van der Waals surface area contributed by atoms with Gasteiger partial charge in [0.25, 0.3) is 0 Å². The van der Waals surface area contributed by atoms with Crippen molar-refractivity contribution in [3.63, 3.8) is 0 Å². The van der Waals surface area contributed by atoms with E-state index in [0.717, 1.165) is 32.7 Å². The van der Waals surface area contributed by atoms with Crippen molar-refractivity contribution in [1.29, 1.82) is 0 Å². The number of carbonyl (C=O) groups excluding carboxylic acids is 1. The second kappa shape index (κ2) is 6.15. The lowest BCUT2D eigenvalue weighted by Gasteiger charge is -2.35. The molecule has 0 aromatic rings. The number of likely N-dealkylation sites (N-methyl/N-ethyl adjacent to an activating group) is 1. The highest BCUT2D eigenvalue weighted by Crippen LogP contribution is 2.11. The summed E-state index contributed by atoms with van der Waals surface area (Å²) in [5.41, 5.74) is 5.58. The first-order valence-corrected chi connectivity index (χ1v) is 6.31. The minimum absolute atomic E-state index is 0.103. The number of carbonyl (C=O) groups is 1. The number of rotatable bonds is 4. The Balaban J connectivity index is 2.52. The Morgan fingerprint density at radius 2 is 1.88 bits per heavy atom. The summed E-state index contributed by atoms with van der Waals surface area (Å²) in [6.45, 7) is 8.64. The lowest BCUT2D eigenvalue weighted by atomic mass is 10.0. The summed E-state index contributed by atoms with van der Waals surface area (Å²) in [5.74, 6) is -0.172. The molecule has 1 unspecified atom stereocenters. The maximum Gasteiger partial charge on any atom is 0.232 e. The van der Waals surface area contributed by atoms with Crippen LogP contribution in [0.1, 0.15) is 20.3 Å². The van der Waals surface area contributed by atoms with E-state index in [0.29, 0.717) is 11.4 Å². The molecule has 1 rings (SSSR count). The first-order chi connectivity index (χ1) is 7.60. The van der Waals surface area contributed by atoms with Crippen LogP contribution in [0.25, 0.3) is 0 Å². The fraction of sp³-hybridized carbons (Fsp3) is 0.818. The molecule has 1 saturated heterocycles. The van der Waals surface area contributed by atoms with Gasteiger partial charge in [-0.2, -0.15) is 0 Å². The molecule has 0 aromatic heterocycles. The monoisotopic (exact) mass is 243 g/mol. The normalized spacial score (nSPS) is 19.5. The summed E-state index contributed by atoms with van der Waals surface area (Å²) < 4.78 is 0. The number of hydrogen-bond acceptors (Lipinski definition) is 3. The summed E-state index contributed by atoms with van der Waals surface area (Å²) in [4.78, 5) is 16.7. The van der Waals surface area contributed by atoms with Crippen LogP contribution in [0.15, 0.2) is 0 Å². The number of hydrogen-bond donors (Lipinski definition) is 1. The fourth-order valence-corrected chi connectivity index (χ4v) is 2.27. The zero-order valence-corrected chi connectivity index (χ0v) is 10.9. The minimum atomic E-state index is -0.275. The molecule has 0 spiro atoms. The van der Waals surface area contributed by atoms with E-state index >= 15 is 0 Å². The average molecular weight is 243 g/mol. The zero-order chi connectivity index (χ0) is 12.1. The predicted molar refractivity (Wildman–Crippen MR) is 69.3 cm³/mol. The van der Waals surface area contributed by atoms with E-state index in [-0.39, 0.29) is 11.8 Å². The third-order valence-electron chi connectivity index (χ3n) is 3.18. The van der Waals surface area contributed by atoms with Gasteiger partial charge in [-0.3, -0.25) is 4.79 Å². The van der Waals surface area contributed by atoms with Crippen LogP contribution in [0.5, 0.6) is 0 Å². The molecule has 4 nitrogen and oxygen atoms in total. The van der Waals surface area contributed by atoms with Gasteiger partial charge in [-0.1, -0.05) is 26.1 Å². The second-order valence-electron chi connectivity index (χ2n) is 4.12. The van der Waals surface area contributed by atoms with E-state index in [4.69, 9.17) is 18.0 Å². The van der Waals surface area contributed by atoms with E-state index < -0.39 is 0 Å². The van der Waals surface area contributed by atoms with Crippen molar-refractivity contribution in [3.05, 3.63) is 0 Å². The van der Waals surface area contributed by atoms with Crippen LogP contribution in [0.2, 0.25) is 0 Å². The third-order valence-corrected chi connectivity index (χ3v) is 3.47. The predicted octanol–water partition coefficient (Wildman–Crippen LogP) is 0.463. The van der Waals surface area contributed by atoms with Crippen LogP contribution < -0.4 is 5.73 Å². The van der Waals surface area contributed by atoms with Gasteiger partial charge in [0.05, 0.1) is 10.9 Å². The van der Waals surface area contributed by atoms with Crippen LogP contribution in [0, 0.1) is 5.92 Å². The summed E-state index contributed by atoms with van der Waals surface area (Å²) >= 11 is 4.93. The zero-order valence-electron chi connectivity index (χ0n) is 10.1. The molecule has 1 aliphatic heterocycles. The van der Waals surface area contributed by atoms with Crippen LogP contribution in [0.4, 0.5) is 0 Å². The Bertz CT molecular complexity index is 262. The Kier molecular flexibility index (Phi) is 5.15. The van der Waals surface area contributed by atoms with Gasteiger partial charge in [-0.25, -0.2) is 0 Å². The second-order valence-corrected chi connectivity index (χ2v) is 4.59. The topological polar surface area (TPSA) is 49.6 Å². The number of thiocarbonyl (C=S) groups is 1. The molecular formula is C11H21N3OS.